The molecule has 0 bridgehead atoms. The van der Waals surface area contributed by atoms with Crippen LogP contribution in [0.4, 0.5) is 0 Å². The molecule has 5 aromatic rings. The van der Waals surface area contributed by atoms with E-state index in [9.17, 15) is 0 Å². The van der Waals surface area contributed by atoms with Gasteiger partial charge in [-0.2, -0.15) is 0 Å². The lowest BCUT2D eigenvalue weighted by atomic mass is 9.76. The fourth-order valence-corrected chi connectivity index (χ4v) is 6.43. The number of nitrogens with zero attached hydrogens (tertiary/aromatic N) is 1. The maximum Gasteiger partial charge on any atom is 0.0490 e. The predicted octanol–water partition coefficient (Wildman–Crippen LogP) is 7.90. The monoisotopic (exact) mass is 428 g/mol. The van der Waals surface area contributed by atoms with Gasteiger partial charge in [0.1, 0.15) is 0 Å². The Morgan fingerprint density at radius 3 is 2.58 bits per heavy atom. The topological polar surface area (TPSA) is 20.7 Å². The molecule has 2 atom stereocenters. The fraction of sp³-hybridized carbons (Fsp3) is 0.226. The van der Waals surface area contributed by atoms with E-state index in [1.165, 1.54) is 45.2 Å². The number of H-pyrrole nitrogens is 1. The molecule has 0 saturated carbocycles. The summed E-state index contributed by atoms with van der Waals surface area (Å²) in [6.45, 7) is 2.43. The zero-order valence-corrected chi connectivity index (χ0v) is 19.0. The van der Waals surface area contributed by atoms with Gasteiger partial charge in [0.05, 0.1) is 0 Å². The quantitative estimate of drug-likeness (QED) is 0.295. The van der Waals surface area contributed by atoms with Gasteiger partial charge in [0.25, 0.3) is 0 Å². The molecule has 0 spiro atoms. The molecule has 2 heterocycles. The first-order valence-electron chi connectivity index (χ1n) is 12.3. The van der Waals surface area contributed by atoms with Gasteiger partial charge in [0, 0.05) is 38.9 Å². The Labute approximate surface area is 194 Å². The Balaban J connectivity index is 1.36. The van der Waals surface area contributed by atoms with Crippen LogP contribution in [0.2, 0.25) is 0 Å². The molecule has 2 unspecified atom stereocenters. The fourth-order valence-electron chi connectivity index (χ4n) is 6.43. The van der Waals surface area contributed by atoms with Crippen LogP contribution >= 0.6 is 0 Å². The minimum atomic E-state index is 0.525. The lowest BCUT2D eigenvalue weighted by Crippen LogP contribution is -2.18. The average Bonchev–Trinajstić information content (AvgIpc) is 3.40. The van der Waals surface area contributed by atoms with Crippen LogP contribution in [-0.4, -0.2) is 9.55 Å². The van der Waals surface area contributed by atoms with Crippen LogP contribution in [0, 0.1) is 0 Å². The maximum absolute atomic E-state index is 3.58. The van der Waals surface area contributed by atoms with E-state index in [4.69, 9.17) is 0 Å². The lowest BCUT2D eigenvalue weighted by molar-refractivity contribution is 0.502. The standard InChI is InChI=1S/C31H28N2/c1-20-17-22(21-15-16-29-26(18-21)24-11-5-7-13-28(24)32-29)19-27-25-12-6-8-14-30(25)33(31(20)27)23-9-3-2-4-10-23/h2-5,7-11,13-16,18,20,22,32H,6,12,17,19H2,1H3. The third-order valence-corrected chi connectivity index (χ3v) is 7.87. The Morgan fingerprint density at radius 1 is 0.848 bits per heavy atom. The van der Waals surface area contributed by atoms with E-state index in [0.717, 1.165) is 19.3 Å². The minimum Gasteiger partial charge on any atom is -0.355 e. The molecule has 2 aliphatic carbocycles. The predicted molar refractivity (Wildman–Crippen MR) is 138 cm³/mol. The van der Waals surface area contributed by atoms with Crippen molar-refractivity contribution in [1.82, 2.24) is 9.55 Å². The summed E-state index contributed by atoms with van der Waals surface area (Å²) in [6.07, 6.45) is 9.36. The highest BCUT2D eigenvalue weighted by Gasteiger charge is 2.33. The van der Waals surface area contributed by atoms with Crippen molar-refractivity contribution >= 4 is 27.9 Å². The van der Waals surface area contributed by atoms with E-state index < -0.39 is 0 Å². The Hall–Kier alpha value is -3.52. The number of hydrogen-bond donors (Lipinski definition) is 1. The van der Waals surface area contributed by atoms with Gasteiger partial charge in [0.2, 0.25) is 0 Å². The number of hydrogen-bond acceptors (Lipinski definition) is 0. The summed E-state index contributed by atoms with van der Waals surface area (Å²) in [5.74, 6) is 1.09. The molecule has 7 rings (SSSR count). The zero-order valence-electron chi connectivity index (χ0n) is 19.0. The van der Waals surface area contributed by atoms with E-state index in [0.29, 0.717) is 11.8 Å². The number of rotatable bonds is 2. The van der Waals surface area contributed by atoms with Gasteiger partial charge in [-0.15, -0.1) is 0 Å². The molecule has 1 N–H and O–H groups in total. The highest BCUT2D eigenvalue weighted by Crippen LogP contribution is 2.46. The van der Waals surface area contributed by atoms with E-state index in [-0.39, 0.29) is 0 Å². The van der Waals surface area contributed by atoms with Crippen LogP contribution in [-0.2, 0) is 12.8 Å². The number of para-hydroxylation sites is 2. The summed E-state index contributed by atoms with van der Waals surface area (Å²) >= 11 is 0. The second-order valence-corrected chi connectivity index (χ2v) is 9.85. The van der Waals surface area contributed by atoms with Gasteiger partial charge in [-0.3, -0.25) is 0 Å². The molecule has 3 aromatic carbocycles. The molecule has 2 aliphatic rings. The van der Waals surface area contributed by atoms with Crippen molar-refractivity contribution in [1.29, 1.82) is 0 Å². The smallest absolute Gasteiger partial charge is 0.0490 e. The van der Waals surface area contributed by atoms with E-state index in [1.807, 2.05) is 0 Å². The molecule has 0 amide bonds. The lowest BCUT2D eigenvalue weighted by Gasteiger charge is -2.30. The number of benzene rings is 3. The van der Waals surface area contributed by atoms with Gasteiger partial charge in [0.15, 0.2) is 0 Å². The number of fused-ring (bicyclic) bond motifs is 6. The van der Waals surface area contributed by atoms with Crippen molar-refractivity contribution in [3.8, 4) is 5.69 Å². The van der Waals surface area contributed by atoms with Gasteiger partial charge < -0.3 is 9.55 Å². The molecule has 33 heavy (non-hydrogen) atoms. The summed E-state index contributed by atoms with van der Waals surface area (Å²) in [7, 11) is 0. The first-order chi connectivity index (χ1) is 16.3. The molecule has 0 saturated heterocycles. The third kappa shape index (κ3) is 2.87. The highest BCUT2D eigenvalue weighted by atomic mass is 15.0. The van der Waals surface area contributed by atoms with Crippen molar-refractivity contribution < 1.29 is 0 Å². The first-order valence-corrected chi connectivity index (χ1v) is 12.3. The largest absolute Gasteiger partial charge is 0.355 e. The van der Waals surface area contributed by atoms with Gasteiger partial charge in [-0.1, -0.05) is 55.5 Å². The molecule has 0 aliphatic heterocycles. The molecule has 0 radical (unpaired) electrons. The van der Waals surface area contributed by atoms with Crippen molar-refractivity contribution in [2.24, 2.45) is 0 Å². The van der Waals surface area contributed by atoms with E-state index in [2.05, 4.69) is 101 Å². The summed E-state index contributed by atoms with van der Waals surface area (Å²) < 4.78 is 2.56. The van der Waals surface area contributed by atoms with Crippen LogP contribution in [0.25, 0.3) is 33.6 Å². The Kier molecular flexibility index (Phi) is 4.17. The molecule has 0 fully saturated rings. The normalized spacial score (nSPS) is 19.7. The van der Waals surface area contributed by atoms with Crippen molar-refractivity contribution in [3.05, 3.63) is 107 Å². The molecular formula is C31H28N2. The molecule has 2 nitrogen and oxygen atoms in total. The second kappa shape index (κ2) is 7.25. The highest BCUT2D eigenvalue weighted by molar-refractivity contribution is 6.07. The summed E-state index contributed by atoms with van der Waals surface area (Å²) in [4.78, 5) is 3.58. The van der Waals surface area contributed by atoms with Crippen molar-refractivity contribution in [2.75, 3.05) is 0 Å². The van der Waals surface area contributed by atoms with Crippen LogP contribution in [0.15, 0.2) is 78.9 Å². The average molecular weight is 429 g/mol. The third-order valence-electron chi connectivity index (χ3n) is 7.87. The second-order valence-electron chi connectivity index (χ2n) is 9.85. The van der Waals surface area contributed by atoms with Crippen LogP contribution in [0.3, 0.4) is 0 Å². The molecule has 162 valence electrons. The van der Waals surface area contributed by atoms with Crippen molar-refractivity contribution in [3.63, 3.8) is 0 Å². The van der Waals surface area contributed by atoms with Crippen LogP contribution in [0.1, 0.15) is 59.7 Å². The number of aromatic amines is 1. The van der Waals surface area contributed by atoms with Gasteiger partial charge in [-0.05, 0) is 90.6 Å². The first kappa shape index (κ1) is 19.0. The number of aromatic nitrogens is 2. The number of nitrogens with one attached hydrogen (secondary N) is 1. The zero-order chi connectivity index (χ0) is 21.9. The van der Waals surface area contributed by atoms with Crippen LogP contribution in [0.5, 0.6) is 0 Å². The maximum atomic E-state index is 3.58. The summed E-state index contributed by atoms with van der Waals surface area (Å²) in [5, 5.41) is 2.69. The molecule has 2 aromatic heterocycles. The SMILES string of the molecule is CC1CC(c2ccc3[nH]c4ccccc4c3c2)Cc2c3c(n(-c4ccccc4)c21)C=CCC3. The molecule has 2 heteroatoms. The number of allylic oxidation sites excluding steroid dienone is 1. The van der Waals surface area contributed by atoms with Crippen molar-refractivity contribution in [2.45, 2.75) is 44.4 Å². The summed E-state index contributed by atoms with van der Waals surface area (Å²) in [6, 6.07) is 26.7. The Morgan fingerprint density at radius 2 is 1.67 bits per heavy atom. The van der Waals surface area contributed by atoms with E-state index >= 15 is 0 Å². The minimum absolute atomic E-state index is 0.525. The van der Waals surface area contributed by atoms with Crippen LogP contribution < -0.4 is 0 Å². The van der Waals surface area contributed by atoms with Gasteiger partial charge in [-0.25, -0.2) is 0 Å². The molecular weight excluding hydrogens is 400 g/mol. The Bertz CT molecular complexity index is 1530. The van der Waals surface area contributed by atoms with Gasteiger partial charge >= 0.3 is 0 Å². The summed E-state index contributed by atoms with van der Waals surface area (Å²) in [5.41, 5.74) is 11.4. The van der Waals surface area contributed by atoms with E-state index in [1.54, 1.807) is 16.8 Å².